The minimum absolute atomic E-state index is 0.0493. The van der Waals surface area contributed by atoms with Crippen molar-refractivity contribution in [2.75, 3.05) is 0 Å². The largest absolute Gasteiger partial charge is 0.103 e. The summed E-state index contributed by atoms with van der Waals surface area (Å²) in [4.78, 5) is 0. The zero-order valence-corrected chi connectivity index (χ0v) is 16.2. The van der Waals surface area contributed by atoms with Crippen molar-refractivity contribution >= 4 is 0 Å². The molecule has 0 saturated carbocycles. The third-order valence-electron chi connectivity index (χ3n) is 5.78. The number of benzene rings is 2. The summed E-state index contributed by atoms with van der Waals surface area (Å²) < 4.78 is 0. The second kappa shape index (κ2) is 9.03. The number of hydrogen-bond acceptors (Lipinski definition) is 0. The molecule has 2 aromatic rings. The van der Waals surface area contributed by atoms with E-state index in [2.05, 4.69) is 80.3 Å². The fraction of sp³-hybridized carbons (Fsp3) is 0.385. The van der Waals surface area contributed by atoms with Crippen molar-refractivity contribution in [3.63, 3.8) is 0 Å². The maximum absolute atomic E-state index is 4.08. The zero-order valence-electron chi connectivity index (χ0n) is 16.2. The predicted octanol–water partition coefficient (Wildman–Crippen LogP) is 7.84. The average Bonchev–Trinajstić information content (AvgIpc) is 2.95. The van der Waals surface area contributed by atoms with Crippen molar-refractivity contribution in [2.45, 2.75) is 63.7 Å². The molecule has 26 heavy (non-hydrogen) atoms. The van der Waals surface area contributed by atoms with Crippen molar-refractivity contribution in [1.82, 2.24) is 0 Å². The number of fused-ring (bicyclic) bond motifs is 3. The molecule has 0 amide bonds. The molecule has 0 nitrogen and oxygen atoms in total. The van der Waals surface area contributed by atoms with Gasteiger partial charge in [0.05, 0.1) is 0 Å². The van der Waals surface area contributed by atoms with Gasteiger partial charge in [-0.2, -0.15) is 0 Å². The molecule has 0 radical (unpaired) electrons. The van der Waals surface area contributed by atoms with Gasteiger partial charge >= 0.3 is 0 Å². The minimum Gasteiger partial charge on any atom is -0.103 e. The molecule has 0 heteroatoms. The van der Waals surface area contributed by atoms with Gasteiger partial charge in [-0.1, -0.05) is 99.4 Å². The van der Waals surface area contributed by atoms with Crippen molar-refractivity contribution in [3.05, 3.63) is 84.5 Å². The second-order valence-electron chi connectivity index (χ2n) is 7.54. The monoisotopic (exact) mass is 344 g/mol. The molecule has 0 heterocycles. The molecule has 0 bridgehead atoms. The Kier molecular flexibility index (Phi) is 6.50. The Balaban J connectivity index is 1.78. The lowest BCUT2D eigenvalue weighted by molar-refractivity contribution is 0.541. The highest BCUT2D eigenvalue weighted by atomic mass is 14.4. The van der Waals surface area contributed by atoms with Crippen LogP contribution in [0.2, 0.25) is 0 Å². The Bertz CT molecular complexity index is 705. The molecular formula is C26H32. The molecule has 0 N–H and O–H groups in total. The van der Waals surface area contributed by atoms with Crippen molar-refractivity contribution in [2.24, 2.45) is 0 Å². The van der Waals surface area contributed by atoms with Gasteiger partial charge < -0.3 is 0 Å². The summed E-state index contributed by atoms with van der Waals surface area (Å²) in [6.07, 6.45) is 16.9. The van der Waals surface area contributed by atoms with Crippen LogP contribution in [0, 0.1) is 0 Å². The summed E-state index contributed by atoms with van der Waals surface area (Å²) in [5.41, 5.74) is 5.78. The van der Waals surface area contributed by atoms with Crippen LogP contribution in [-0.4, -0.2) is 0 Å². The summed E-state index contributed by atoms with van der Waals surface area (Å²) in [5, 5.41) is 0. The lowest BCUT2D eigenvalue weighted by Gasteiger charge is -2.30. The first kappa shape index (κ1) is 18.7. The summed E-state index contributed by atoms with van der Waals surface area (Å²) in [6, 6.07) is 17.9. The topological polar surface area (TPSA) is 0 Å². The van der Waals surface area contributed by atoms with E-state index in [9.17, 15) is 0 Å². The van der Waals surface area contributed by atoms with Gasteiger partial charge in [-0.3, -0.25) is 0 Å². The van der Waals surface area contributed by atoms with Gasteiger partial charge in [0, 0.05) is 5.41 Å². The molecule has 0 spiro atoms. The summed E-state index contributed by atoms with van der Waals surface area (Å²) >= 11 is 0. The van der Waals surface area contributed by atoms with E-state index in [0.717, 1.165) is 12.8 Å². The quantitative estimate of drug-likeness (QED) is 0.304. The number of unbranched alkanes of at least 4 members (excludes halogenated alkanes) is 5. The molecule has 1 aliphatic rings. The Morgan fingerprint density at radius 2 is 1.38 bits per heavy atom. The fourth-order valence-corrected chi connectivity index (χ4v) is 4.45. The summed E-state index contributed by atoms with van der Waals surface area (Å²) in [7, 11) is 0. The van der Waals surface area contributed by atoms with Crippen LogP contribution in [0.25, 0.3) is 11.1 Å². The van der Waals surface area contributed by atoms with Crippen LogP contribution in [0.4, 0.5) is 0 Å². The van der Waals surface area contributed by atoms with Crippen LogP contribution >= 0.6 is 0 Å². The number of hydrogen-bond donors (Lipinski definition) is 0. The Morgan fingerprint density at radius 3 is 2.00 bits per heavy atom. The van der Waals surface area contributed by atoms with E-state index in [0.29, 0.717) is 0 Å². The molecule has 2 aromatic carbocycles. The van der Waals surface area contributed by atoms with Crippen LogP contribution in [0.5, 0.6) is 0 Å². The number of allylic oxidation sites excluding steroid dienone is 3. The van der Waals surface area contributed by atoms with Crippen molar-refractivity contribution < 1.29 is 0 Å². The second-order valence-corrected chi connectivity index (χ2v) is 7.54. The minimum atomic E-state index is 0.0493. The molecule has 0 atom stereocenters. The van der Waals surface area contributed by atoms with Crippen LogP contribution in [0.3, 0.4) is 0 Å². The van der Waals surface area contributed by atoms with Crippen molar-refractivity contribution in [1.29, 1.82) is 0 Å². The molecule has 0 fully saturated rings. The first-order valence-corrected chi connectivity index (χ1v) is 10.3. The van der Waals surface area contributed by atoms with Crippen LogP contribution in [0.15, 0.2) is 73.3 Å². The maximum Gasteiger partial charge on any atom is 0.0283 e. The van der Waals surface area contributed by atoms with Gasteiger partial charge in [-0.15, -0.1) is 6.58 Å². The smallest absolute Gasteiger partial charge is 0.0283 e. The highest BCUT2D eigenvalue weighted by Crippen LogP contribution is 2.52. The molecule has 0 unspecified atom stereocenters. The van der Waals surface area contributed by atoms with Crippen LogP contribution in [-0.2, 0) is 5.41 Å². The van der Waals surface area contributed by atoms with Gasteiger partial charge in [0.25, 0.3) is 0 Å². The third-order valence-corrected chi connectivity index (χ3v) is 5.78. The standard InChI is InChI=1S/C26H32/c1-3-5-6-7-8-9-10-15-21-26(20-4-2)24-18-13-11-16-22(24)23-17-12-14-19-25(23)26/h4,10-19H,2-3,5-9,20-21H2,1H3/b15-10+. The molecule has 1 aliphatic carbocycles. The number of rotatable bonds is 10. The summed E-state index contributed by atoms with van der Waals surface area (Å²) in [6.45, 7) is 6.35. The molecule has 0 aromatic heterocycles. The van der Waals surface area contributed by atoms with E-state index < -0.39 is 0 Å². The third kappa shape index (κ3) is 3.70. The SMILES string of the molecule is C=CCC1(C/C=C/CCCCCCC)c2ccccc2-c2ccccc21. The Hall–Kier alpha value is -2.08. The van der Waals surface area contributed by atoms with E-state index in [-0.39, 0.29) is 5.41 Å². The van der Waals surface area contributed by atoms with Gasteiger partial charge in [0.1, 0.15) is 0 Å². The highest BCUT2D eigenvalue weighted by molar-refractivity contribution is 5.81. The first-order valence-electron chi connectivity index (χ1n) is 10.3. The first-order chi connectivity index (χ1) is 12.8. The van der Waals surface area contributed by atoms with Gasteiger partial charge in [-0.05, 0) is 47.9 Å². The lowest BCUT2D eigenvalue weighted by atomic mass is 9.73. The average molecular weight is 345 g/mol. The van der Waals surface area contributed by atoms with E-state index in [1.54, 1.807) is 0 Å². The highest BCUT2D eigenvalue weighted by Gasteiger charge is 2.40. The molecule has 3 rings (SSSR count). The van der Waals surface area contributed by atoms with Gasteiger partial charge in [0.15, 0.2) is 0 Å². The van der Waals surface area contributed by atoms with Crippen LogP contribution < -0.4 is 0 Å². The Labute approximate surface area is 159 Å². The fourth-order valence-electron chi connectivity index (χ4n) is 4.45. The normalized spacial score (nSPS) is 14.3. The molecule has 136 valence electrons. The predicted molar refractivity (Wildman–Crippen MR) is 115 cm³/mol. The van der Waals surface area contributed by atoms with E-state index in [1.165, 1.54) is 60.8 Å². The molecule has 0 aliphatic heterocycles. The van der Waals surface area contributed by atoms with E-state index in [1.807, 2.05) is 0 Å². The molecular weight excluding hydrogens is 312 g/mol. The van der Waals surface area contributed by atoms with Gasteiger partial charge in [-0.25, -0.2) is 0 Å². The summed E-state index contributed by atoms with van der Waals surface area (Å²) in [5.74, 6) is 0. The van der Waals surface area contributed by atoms with Crippen LogP contribution in [0.1, 0.15) is 69.4 Å². The zero-order chi connectivity index (χ0) is 18.2. The maximum atomic E-state index is 4.08. The van der Waals surface area contributed by atoms with E-state index in [4.69, 9.17) is 0 Å². The van der Waals surface area contributed by atoms with Crippen molar-refractivity contribution in [3.8, 4) is 11.1 Å². The lowest BCUT2D eigenvalue weighted by Crippen LogP contribution is -2.23. The Morgan fingerprint density at radius 1 is 0.769 bits per heavy atom. The van der Waals surface area contributed by atoms with E-state index >= 15 is 0 Å². The molecule has 0 saturated heterocycles. The van der Waals surface area contributed by atoms with Gasteiger partial charge in [0.2, 0.25) is 0 Å².